The monoisotopic (exact) mass is 270 g/mol. The normalized spacial score (nSPS) is 20.5. The topological polar surface area (TPSA) is 49.9 Å². The maximum absolute atomic E-state index is 12.1. The van der Waals surface area contributed by atoms with Gasteiger partial charge < -0.3 is 9.64 Å². The average Bonchev–Trinajstić information content (AvgIpc) is 2.22. The van der Waals surface area contributed by atoms with Gasteiger partial charge in [0, 0.05) is 26.7 Å². The van der Waals surface area contributed by atoms with Gasteiger partial charge in [-0.2, -0.15) is 0 Å². The fraction of sp³-hybridized carbons (Fsp3) is 0.857. The molecule has 1 aliphatic heterocycles. The number of likely N-dealkylation sites (N-methyl/N-ethyl adjacent to an activating group) is 1. The molecule has 0 aliphatic carbocycles. The Morgan fingerprint density at radius 2 is 1.89 bits per heavy atom. The second-order valence-electron chi connectivity index (χ2n) is 6.61. The molecule has 0 saturated carbocycles. The second-order valence-corrected chi connectivity index (χ2v) is 6.61. The minimum absolute atomic E-state index is 0.0999. The third-order valence-corrected chi connectivity index (χ3v) is 3.37. The van der Waals surface area contributed by atoms with Crippen molar-refractivity contribution in [1.82, 2.24) is 9.80 Å². The highest BCUT2D eigenvalue weighted by Gasteiger charge is 2.40. The van der Waals surface area contributed by atoms with Gasteiger partial charge >= 0.3 is 5.97 Å². The van der Waals surface area contributed by atoms with Crippen LogP contribution >= 0.6 is 0 Å². The van der Waals surface area contributed by atoms with E-state index in [1.54, 1.807) is 4.90 Å². The van der Waals surface area contributed by atoms with Crippen molar-refractivity contribution < 1.29 is 14.3 Å². The number of nitrogens with zero attached hydrogens (tertiary/aromatic N) is 2. The number of rotatable bonds is 3. The molecule has 1 rings (SSSR count). The van der Waals surface area contributed by atoms with Gasteiger partial charge in [-0.05, 0) is 34.6 Å². The molecule has 1 amide bonds. The zero-order valence-electron chi connectivity index (χ0n) is 12.9. The molecular weight excluding hydrogens is 244 g/mol. The summed E-state index contributed by atoms with van der Waals surface area (Å²) in [6.45, 7) is 11.4. The van der Waals surface area contributed by atoms with E-state index in [9.17, 15) is 9.59 Å². The third-order valence-electron chi connectivity index (χ3n) is 3.37. The molecule has 0 N–H and O–H groups in total. The Morgan fingerprint density at radius 3 is 2.42 bits per heavy atom. The number of carbonyl (C=O) groups excluding carboxylic acids is 2. The molecule has 0 spiro atoms. The summed E-state index contributed by atoms with van der Waals surface area (Å²) in [5.41, 5.74) is -1.00. The molecule has 0 unspecified atom stereocenters. The molecule has 0 radical (unpaired) electrons. The van der Waals surface area contributed by atoms with Crippen LogP contribution in [0.15, 0.2) is 0 Å². The van der Waals surface area contributed by atoms with Crippen LogP contribution in [0.2, 0.25) is 0 Å². The number of carbonyl (C=O) groups is 2. The Balaban J connectivity index is 2.54. The molecule has 0 bridgehead atoms. The van der Waals surface area contributed by atoms with Crippen LogP contribution < -0.4 is 0 Å². The lowest BCUT2D eigenvalue weighted by Gasteiger charge is -2.44. The van der Waals surface area contributed by atoms with E-state index < -0.39 is 11.1 Å². The van der Waals surface area contributed by atoms with Crippen molar-refractivity contribution in [3.05, 3.63) is 0 Å². The first-order chi connectivity index (χ1) is 8.54. The maximum Gasteiger partial charge on any atom is 0.307 e. The van der Waals surface area contributed by atoms with Gasteiger partial charge in [-0.3, -0.25) is 14.5 Å². The smallest absolute Gasteiger partial charge is 0.307 e. The molecule has 1 saturated heterocycles. The summed E-state index contributed by atoms with van der Waals surface area (Å²) in [5, 5.41) is 0. The van der Waals surface area contributed by atoms with Crippen LogP contribution in [-0.4, -0.2) is 59.5 Å². The first-order valence-corrected chi connectivity index (χ1v) is 6.76. The Labute approximate surface area is 115 Å². The van der Waals surface area contributed by atoms with E-state index in [1.165, 1.54) is 0 Å². The highest BCUT2D eigenvalue weighted by molar-refractivity contribution is 5.86. The molecule has 0 aromatic carbocycles. The minimum Gasteiger partial charge on any atom is -0.460 e. The van der Waals surface area contributed by atoms with Crippen molar-refractivity contribution in [2.75, 3.05) is 26.7 Å². The lowest BCUT2D eigenvalue weighted by atomic mass is 9.97. The standard InChI is InChI=1S/C14H26N2O3/c1-13(2,3)19-11(17)7-8-16-10-9-15(6)12(18)14(16,4)5/h7-10H2,1-6H3. The summed E-state index contributed by atoms with van der Waals surface area (Å²) < 4.78 is 5.28. The lowest BCUT2D eigenvalue weighted by Crippen LogP contribution is -2.62. The van der Waals surface area contributed by atoms with E-state index in [1.807, 2.05) is 41.7 Å². The van der Waals surface area contributed by atoms with Crippen LogP contribution in [0.1, 0.15) is 41.0 Å². The fourth-order valence-corrected chi connectivity index (χ4v) is 2.26. The number of ether oxygens (including phenoxy) is 1. The number of amides is 1. The Hall–Kier alpha value is -1.10. The SMILES string of the molecule is CN1CCN(CCC(=O)OC(C)(C)C)C(C)(C)C1=O. The molecule has 5 nitrogen and oxygen atoms in total. The zero-order chi connectivity index (χ0) is 14.8. The molecule has 1 aliphatic rings. The summed E-state index contributed by atoms with van der Waals surface area (Å²) in [6.07, 6.45) is 0.317. The van der Waals surface area contributed by atoms with Crippen LogP contribution in [0.3, 0.4) is 0 Å². The van der Waals surface area contributed by atoms with E-state index in [0.29, 0.717) is 19.5 Å². The van der Waals surface area contributed by atoms with Crippen LogP contribution in [0, 0.1) is 0 Å². The van der Waals surface area contributed by atoms with E-state index >= 15 is 0 Å². The predicted molar refractivity (Wildman–Crippen MR) is 73.8 cm³/mol. The summed E-state index contributed by atoms with van der Waals surface area (Å²) >= 11 is 0. The summed E-state index contributed by atoms with van der Waals surface area (Å²) in [6, 6.07) is 0. The van der Waals surface area contributed by atoms with Crippen molar-refractivity contribution in [1.29, 1.82) is 0 Å². The number of piperazine rings is 1. The van der Waals surface area contributed by atoms with Crippen molar-refractivity contribution in [2.45, 2.75) is 52.2 Å². The predicted octanol–water partition coefficient (Wildman–Crippen LogP) is 1.27. The zero-order valence-corrected chi connectivity index (χ0v) is 12.9. The van der Waals surface area contributed by atoms with Crippen LogP contribution in [-0.2, 0) is 14.3 Å². The van der Waals surface area contributed by atoms with Gasteiger partial charge in [0.2, 0.25) is 5.91 Å². The second kappa shape index (κ2) is 5.49. The van der Waals surface area contributed by atoms with Crippen molar-refractivity contribution in [2.24, 2.45) is 0 Å². The number of esters is 1. The van der Waals surface area contributed by atoms with Gasteiger partial charge in [0.25, 0.3) is 0 Å². The van der Waals surface area contributed by atoms with E-state index in [2.05, 4.69) is 4.90 Å². The third kappa shape index (κ3) is 4.20. The van der Waals surface area contributed by atoms with E-state index in [4.69, 9.17) is 4.74 Å². The molecule has 0 atom stereocenters. The van der Waals surface area contributed by atoms with Gasteiger partial charge in [-0.1, -0.05) is 0 Å². The number of hydrogen-bond donors (Lipinski definition) is 0. The average molecular weight is 270 g/mol. The van der Waals surface area contributed by atoms with Crippen LogP contribution in [0.25, 0.3) is 0 Å². The first kappa shape index (κ1) is 16.0. The van der Waals surface area contributed by atoms with Gasteiger partial charge in [0.05, 0.1) is 12.0 Å². The van der Waals surface area contributed by atoms with Gasteiger partial charge in [0.15, 0.2) is 0 Å². The molecule has 19 heavy (non-hydrogen) atoms. The summed E-state index contributed by atoms with van der Waals surface area (Å²) in [7, 11) is 1.81. The molecule has 1 fully saturated rings. The Morgan fingerprint density at radius 1 is 1.32 bits per heavy atom. The molecule has 1 heterocycles. The molecule has 0 aromatic rings. The molecule has 5 heteroatoms. The number of hydrogen-bond acceptors (Lipinski definition) is 4. The van der Waals surface area contributed by atoms with Crippen LogP contribution in [0.5, 0.6) is 0 Å². The molecular formula is C14H26N2O3. The maximum atomic E-state index is 12.1. The van der Waals surface area contributed by atoms with Crippen molar-refractivity contribution in [3.63, 3.8) is 0 Å². The summed E-state index contributed by atoms with van der Waals surface area (Å²) in [4.78, 5) is 27.6. The first-order valence-electron chi connectivity index (χ1n) is 6.76. The van der Waals surface area contributed by atoms with Gasteiger partial charge in [-0.25, -0.2) is 0 Å². The largest absolute Gasteiger partial charge is 0.460 e. The summed E-state index contributed by atoms with van der Waals surface area (Å²) in [5.74, 6) is -0.113. The van der Waals surface area contributed by atoms with E-state index in [-0.39, 0.29) is 11.9 Å². The lowest BCUT2D eigenvalue weighted by molar-refractivity contribution is -0.157. The van der Waals surface area contributed by atoms with Crippen molar-refractivity contribution >= 4 is 11.9 Å². The quantitative estimate of drug-likeness (QED) is 0.725. The minimum atomic E-state index is -0.547. The Kier molecular flexibility index (Phi) is 4.61. The van der Waals surface area contributed by atoms with E-state index in [0.717, 1.165) is 6.54 Å². The van der Waals surface area contributed by atoms with Gasteiger partial charge in [-0.15, -0.1) is 0 Å². The molecule has 0 aromatic heterocycles. The highest BCUT2D eigenvalue weighted by atomic mass is 16.6. The fourth-order valence-electron chi connectivity index (χ4n) is 2.26. The molecule has 110 valence electrons. The Bertz CT molecular complexity index is 358. The van der Waals surface area contributed by atoms with Gasteiger partial charge in [0.1, 0.15) is 5.60 Å². The highest BCUT2D eigenvalue weighted by Crippen LogP contribution is 2.22. The van der Waals surface area contributed by atoms with Crippen molar-refractivity contribution in [3.8, 4) is 0 Å². The van der Waals surface area contributed by atoms with Crippen LogP contribution in [0.4, 0.5) is 0 Å².